The van der Waals surface area contributed by atoms with Crippen molar-refractivity contribution in [3.63, 3.8) is 0 Å². The fraction of sp³-hybridized carbons (Fsp3) is 0.154. The Kier molecular flexibility index (Phi) is 3.05. The summed E-state index contributed by atoms with van der Waals surface area (Å²) in [6, 6.07) is 13.9. The second kappa shape index (κ2) is 4.66. The van der Waals surface area contributed by atoms with Gasteiger partial charge < -0.3 is 9.47 Å². The van der Waals surface area contributed by atoms with Gasteiger partial charge in [0.2, 0.25) is 5.90 Å². The lowest BCUT2D eigenvalue weighted by Gasteiger charge is -2.09. The molecule has 0 aliphatic heterocycles. The minimum atomic E-state index is 0.118. The largest absolute Gasteiger partial charge is 0.483 e. The number of hydrogen-bond acceptors (Lipinski definition) is 3. The van der Waals surface area contributed by atoms with Crippen LogP contribution in [-0.2, 0) is 4.74 Å². The van der Waals surface area contributed by atoms with Crippen molar-refractivity contribution in [2.45, 2.75) is 0 Å². The molecule has 3 nitrogen and oxygen atoms in total. The SMILES string of the molecule is COC(=N)COc1cccc2ccccc12. The normalized spacial score (nSPS) is 10.1. The molecule has 2 aromatic carbocycles. The smallest absolute Gasteiger partial charge is 0.219 e. The van der Waals surface area contributed by atoms with Crippen LogP contribution in [0.5, 0.6) is 5.75 Å². The lowest BCUT2D eigenvalue weighted by molar-refractivity contribution is 0.312. The Labute approximate surface area is 94.1 Å². The molecular formula is C13H13NO2. The van der Waals surface area contributed by atoms with E-state index in [1.165, 1.54) is 7.11 Å². The number of ether oxygens (including phenoxy) is 2. The summed E-state index contributed by atoms with van der Waals surface area (Å²) in [6.45, 7) is 0.157. The number of fused-ring (bicyclic) bond motifs is 1. The molecule has 0 radical (unpaired) electrons. The quantitative estimate of drug-likeness (QED) is 0.632. The van der Waals surface area contributed by atoms with Crippen LogP contribution in [0.2, 0.25) is 0 Å². The third-order valence-electron chi connectivity index (χ3n) is 2.35. The van der Waals surface area contributed by atoms with Crippen LogP contribution < -0.4 is 4.74 Å². The highest BCUT2D eigenvalue weighted by Gasteiger charge is 2.02. The zero-order chi connectivity index (χ0) is 11.4. The Bertz CT molecular complexity index is 503. The highest BCUT2D eigenvalue weighted by molar-refractivity contribution is 5.88. The van der Waals surface area contributed by atoms with E-state index in [4.69, 9.17) is 14.9 Å². The van der Waals surface area contributed by atoms with Crippen LogP contribution in [0.25, 0.3) is 10.8 Å². The van der Waals surface area contributed by atoms with Gasteiger partial charge in [-0.3, -0.25) is 5.41 Å². The predicted molar refractivity (Wildman–Crippen MR) is 64.2 cm³/mol. The van der Waals surface area contributed by atoms with Gasteiger partial charge in [0.15, 0.2) is 6.61 Å². The molecule has 0 aliphatic carbocycles. The standard InChI is InChI=1S/C13H13NO2/c1-15-13(14)9-16-12-8-4-6-10-5-2-3-7-11(10)12/h2-8,14H,9H2,1H3. The summed E-state index contributed by atoms with van der Waals surface area (Å²) < 4.78 is 10.3. The molecule has 0 saturated heterocycles. The van der Waals surface area contributed by atoms with Gasteiger partial charge in [0.1, 0.15) is 5.75 Å². The van der Waals surface area contributed by atoms with Crippen LogP contribution in [0, 0.1) is 5.41 Å². The highest BCUT2D eigenvalue weighted by Crippen LogP contribution is 2.24. The molecule has 0 aliphatic rings. The maximum absolute atomic E-state index is 7.35. The van der Waals surface area contributed by atoms with Crippen molar-refractivity contribution in [3.05, 3.63) is 42.5 Å². The predicted octanol–water partition coefficient (Wildman–Crippen LogP) is 2.84. The topological polar surface area (TPSA) is 42.3 Å². The fourth-order valence-electron chi connectivity index (χ4n) is 1.52. The molecule has 0 heterocycles. The van der Waals surface area contributed by atoms with E-state index in [-0.39, 0.29) is 12.5 Å². The molecule has 0 fully saturated rings. The Morgan fingerprint density at radius 1 is 1.12 bits per heavy atom. The molecule has 0 aromatic heterocycles. The third kappa shape index (κ3) is 2.14. The summed E-state index contributed by atoms with van der Waals surface area (Å²) in [7, 11) is 1.47. The molecule has 0 saturated carbocycles. The molecule has 0 amide bonds. The highest BCUT2D eigenvalue weighted by atomic mass is 16.5. The van der Waals surface area contributed by atoms with Crippen molar-refractivity contribution >= 4 is 16.7 Å². The average Bonchev–Trinajstić information content (AvgIpc) is 2.35. The van der Waals surface area contributed by atoms with Crippen molar-refractivity contribution in [1.82, 2.24) is 0 Å². The number of rotatable bonds is 3. The zero-order valence-corrected chi connectivity index (χ0v) is 9.07. The molecule has 0 atom stereocenters. The van der Waals surface area contributed by atoms with E-state index in [0.29, 0.717) is 0 Å². The molecule has 0 spiro atoms. The fourth-order valence-corrected chi connectivity index (χ4v) is 1.52. The van der Waals surface area contributed by atoms with Crippen LogP contribution in [0.15, 0.2) is 42.5 Å². The van der Waals surface area contributed by atoms with Gasteiger partial charge in [0.05, 0.1) is 7.11 Å². The maximum Gasteiger partial charge on any atom is 0.219 e. The molecule has 3 heteroatoms. The van der Waals surface area contributed by atoms with Gasteiger partial charge in [-0.05, 0) is 11.5 Å². The van der Waals surface area contributed by atoms with Crippen molar-refractivity contribution < 1.29 is 9.47 Å². The van der Waals surface area contributed by atoms with Crippen LogP contribution >= 0.6 is 0 Å². The summed E-state index contributed by atoms with van der Waals surface area (Å²) in [6.07, 6.45) is 0. The van der Waals surface area contributed by atoms with Gasteiger partial charge in [-0.2, -0.15) is 0 Å². The van der Waals surface area contributed by atoms with Gasteiger partial charge in [-0.15, -0.1) is 0 Å². The maximum atomic E-state index is 7.35. The van der Waals surface area contributed by atoms with Crippen LogP contribution in [0.3, 0.4) is 0 Å². The monoisotopic (exact) mass is 215 g/mol. The van der Waals surface area contributed by atoms with Gasteiger partial charge in [0, 0.05) is 5.39 Å². The average molecular weight is 215 g/mol. The summed E-state index contributed by atoms with van der Waals surface area (Å²) in [5, 5.41) is 9.53. The Hall–Kier alpha value is -2.03. The van der Waals surface area contributed by atoms with E-state index in [9.17, 15) is 0 Å². The molecule has 82 valence electrons. The first kappa shape index (κ1) is 10.5. The Morgan fingerprint density at radius 3 is 2.69 bits per heavy atom. The van der Waals surface area contributed by atoms with E-state index in [2.05, 4.69) is 0 Å². The van der Waals surface area contributed by atoms with Crippen LogP contribution in [0.1, 0.15) is 0 Å². The minimum absolute atomic E-state index is 0.118. The Balaban J connectivity index is 2.27. The Morgan fingerprint density at radius 2 is 1.88 bits per heavy atom. The number of methoxy groups -OCH3 is 1. The molecule has 1 N–H and O–H groups in total. The second-order valence-corrected chi connectivity index (χ2v) is 3.39. The molecule has 0 bridgehead atoms. The lowest BCUT2D eigenvalue weighted by atomic mass is 10.1. The van der Waals surface area contributed by atoms with Crippen LogP contribution in [-0.4, -0.2) is 19.6 Å². The zero-order valence-electron chi connectivity index (χ0n) is 9.07. The minimum Gasteiger partial charge on any atom is -0.483 e. The van der Waals surface area contributed by atoms with E-state index in [1.807, 2.05) is 42.5 Å². The first-order valence-electron chi connectivity index (χ1n) is 5.03. The third-order valence-corrected chi connectivity index (χ3v) is 2.35. The molecule has 0 unspecified atom stereocenters. The summed E-state index contributed by atoms with van der Waals surface area (Å²) >= 11 is 0. The van der Waals surface area contributed by atoms with Crippen molar-refractivity contribution in [1.29, 1.82) is 5.41 Å². The lowest BCUT2D eigenvalue weighted by Crippen LogP contribution is -2.11. The van der Waals surface area contributed by atoms with Crippen molar-refractivity contribution in [2.24, 2.45) is 0 Å². The van der Waals surface area contributed by atoms with E-state index >= 15 is 0 Å². The van der Waals surface area contributed by atoms with Crippen molar-refractivity contribution in [3.8, 4) is 5.75 Å². The van der Waals surface area contributed by atoms with Crippen LogP contribution in [0.4, 0.5) is 0 Å². The summed E-state index contributed by atoms with van der Waals surface area (Å²) in [4.78, 5) is 0. The second-order valence-electron chi connectivity index (χ2n) is 3.39. The van der Waals surface area contributed by atoms with E-state index in [0.717, 1.165) is 16.5 Å². The first-order valence-corrected chi connectivity index (χ1v) is 5.03. The van der Waals surface area contributed by atoms with Gasteiger partial charge in [0.25, 0.3) is 0 Å². The summed E-state index contributed by atoms with van der Waals surface area (Å²) in [5.74, 6) is 0.896. The van der Waals surface area contributed by atoms with Gasteiger partial charge in [-0.1, -0.05) is 36.4 Å². The summed E-state index contributed by atoms with van der Waals surface area (Å²) in [5.41, 5.74) is 0. The molecule has 2 aromatic rings. The van der Waals surface area contributed by atoms with E-state index < -0.39 is 0 Å². The van der Waals surface area contributed by atoms with E-state index in [1.54, 1.807) is 0 Å². The number of nitrogens with one attached hydrogen (secondary N) is 1. The number of benzene rings is 2. The first-order chi connectivity index (χ1) is 7.81. The molecule has 16 heavy (non-hydrogen) atoms. The van der Waals surface area contributed by atoms with Gasteiger partial charge >= 0.3 is 0 Å². The molecule has 2 rings (SSSR count). The number of hydrogen-bond donors (Lipinski definition) is 1. The molecular weight excluding hydrogens is 202 g/mol. The van der Waals surface area contributed by atoms with Crippen molar-refractivity contribution in [2.75, 3.05) is 13.7 Å². The van der Waals surface area contributed by atoms with Gasteiger partial charge in [-0.25, -0.2) is 0 Å².